The van der Waals surface area contributed by atoms with Crippen LogP contribution in [0.4, 0.5) is 4.39 Å². The van der Waals surface area contributed by atoms with Crippen LogP contribution >= 0.6 is 0 Å². The van der Waals surface area contributed by atoms with E-state index in [0.717, 1.165) is 42.8 Å². The number of nitrogens with one attached hydrogen (secondary N) is 2. The number of hydrogen-bond acceptors (Lipinski definition) is 2. The van der Waals surface area contributed by atoms with Crippen molar-refractivity contribution < 1.29 is 18.8 Å². The summed E-state index contributed by atoms with van der Waals surface area (Å²) in [6, 6.07) is 14.6. The third-order valence-electron chi connectivity index (χ3n) is 5.09. The van der Waals surface area contributed by atoms with E-state index in [1.807, 2.05) is 36.4 Å². The van der Waals surface area contributed by atoms with Crippen molar-refractivity contribution in [2.45, 2.75) is 25.9 Å². The van der Waals surface area contributed by atoms with Crippen molar-refractivity contribution >= 4 is 5.91 Å². The van der Waals surface area contributed by atoms with Crippen molar-refractivity contribution in [2.75, 3.05) is 20.2 Å². The van der Waals surface area contributed by atoms with Crippen LogP contribution in [-0.4, -0.2) is 26.1 Å². The number of carbonyl (C=O) groups is 1. The number of hydrogen-bond donors (Lipinski definition) is 2. The van der Waals surface area contributed by atoms with Crippen molar-refractivity contribution in [2.24, 2.45) is 5.92 Å². The average molecular weight is 357 g/mol. The molecule has 0 bridgehead atoms. The first kappa shape index (κ1) is 18.4. The van der Waals surface area contributed by atoms with E-state index in [2.05, 4.69) is 5.32 Å². The van der Waals surface area contributed by atoms with E-state index in [1.54, 1.807) is 13.2 Å². The van der Waals surface area contributed by atoms with Crippen LogP contribution in [0.2, 0.25) is 0 Å². The lowest BCUT2D eigenvalue weighted by atomic mass is 9.95. The molecular weight excluding hydrogens is 331 g/mol. The zero-order valence-corrected chi connectivity index (χ0v) is 15.1. The quantitative estimate of drug-likeness (QED) is 0.830. The number of ether oxygens (including phenoxy) is 1. The fourth-order valence-electron chi connectivity index (χ4n) is 3.45. The average Bonchev–Trinajstić information content (AvgIpc) is 2.69. The highest BCUT2D eigenvalue weighted by molar-refractivity contribution is 5.78. The van der Waals surface area contributed by atoms with E-state index in [-0.39, 0.29) is 17.6 Å². The van der Waals surface area contributed by atoms with Crippen molar-refractivity contribution in [1.29, 1.82) is 0 Å². The van der Waals surface area contributed by atoms with Gasteiger partial charge in [-0.15, -0.1) is 0 Å². The molecule has 0 aliphatic carbocycles. The number of benzene rings is 2. The summed E-state index contributed by atoms with van der Waals surface area (Å²) in [4.78, 5) is 13.8. The number of halogens is 1. The monoisotopic (exact) mass is 357 g/mol. The number of methoxy groups -OCH3 is 1. The Kier molecular flexibility index (Phi) is 6.23. The van der Waals surface area contributed by atoms with E-state index in [9.17, 15) is 9.18 Å². The fraction of sp³-hybridized carbons (Fsp3) is 0.381. The van der Waals surface area contributed by atoms with Crippen molar-refractivity contribution in [3.05, 3.63) is 65.5 Å². The van der Waals surface area contributed by atoms with Crippen LogP contribution in [0, 0.1) is 11.7 Å². The molecule has 0 radical (unpaired) electrons. The minimum atomic E-state index is -0.139. The topological polar surface area (TPSA) is 42.8 Å². The van der Waals surface area contributed by atoms with Crippen LogP contribution in [0.1, 0.15) is 24.0 Å². The molecule has 3 rings (SSSR count). The molecule has 1 saturated heterocycles. The summed E-state index contributed by atoms with van der Waals surface area (Å²) in [5.74, 6) is 0.841. The molecule has 1 heterocycles. The summed E-state index contributed by atoms with van der Waals surface area (Å²) >= 11 is 0. The Bertz CT molecular complexity index is 725. The van der Waals surface area contributed by atoms with Gasteiger partial charge < -0.3 is 15.0 Å². The van der Waals surface area contributed by atoms with Gasteiger partial charge >= 0.3 is 0 Å². The molecule has 2 N–H and O–H groups in total. The molecule has 2 aromatic rings. The smallest absolute Gasteiger partial charge is 0.223 e. The lowest BCUT2D eigenvalue weighted by Crippen LogP contribution is -3.11. The third kappa shape index (κ3) is 4.82. The normalized spacial score (nSPS) is 19.8. The van der Waals surface area contributed by atoms with Gasteiger partial charge in [-0.05, 0) is 23.8 Å². The van der Waals surface area contributed by atoms with E-state index < -0.39 is 0 Å². The Labute approximate surface area is 154 Å². The van der Waals surface area contributed by atoms with Crippen LogP contribution in [0.15, 0.2) is 48.5 Å². The summed E-state index contributed by atoms with van der Waals surface area (Å²) in [5, 5.41) is 3.03. The first-order valence-electron chi connectivity index (χ1n) is 9.13. The van der Waals surface area contributed by atoms with E-state index >= 15 is 0 Å². The van der Waals surface area contributed by atoms with Crippen LogP contribution in [0.3, 0.4) is 0 Å². The molecule has 1 fully saturated rings. The van der Waals surface area contributed by atoms with Gasteiger partial charge in [-0.25, -0.2) is 4.39 Å². The Morgan fingerprint density at radius 1 is 1.15 bits per heavy atom. The second kappa shape index (κ2) is 8.81. The number of quaternary nitrogens is 1. The highest BCUT2D eigenvalue weighted by Gasteiger charge is 2.27. The van der Waals surface area contributed by atoms with Gasteiger partial charge in [0.15, 0.2) is 0 Å². The lowest BCUT2D eigenvalue weighted by molar-refractivity contribution is -0.919. The Morgan fingerprint density at radius 3 is 2.50 bits per heavy atom. The van der Waals surface area contributed by atoms with E-state index in [1.165, 1.54) is 11.0 Å². The molecule has 1 aliphatic heterocycles. The van der Waals surface area contributed by atoms with Gasteiger partial charge in [0.25, 0.3) is 0 Å². The zero-order valence-electron chi connectivity index (χ0n) is 15.1. The number of rotatable bonds is 6. The maximum absolute atomic E-state index is 13.8. The zero-order chi connectivity index (χ0) is 18.4. The predicted molar refractivity (Wildman–Crippen MR) is 98.4 cm³/mol. The van der Waals surface area contributed by atoms with Gasteiger partial charge in [0, 0.05) is 30.9 Å². The first-order chi connectivity index (χ1) is 12.7. The van der Waals surface area contributed by atoms with Crippen molar-refractivity contribution in [3.63, 3.8) is 0 Å². The molecule has 26 heavy (non-hydrogen) atoms. The highest BCUT2D eigenvalue weighted by Crippen LogP contribution is 2.13. The first-order valence-corrected chi connectivity index (χ1v) is 9.13. The summed E-state index contributed by atoms with van der Waals surface area (Å²) in [5.41, 5.74) is 1.81. The molecule has 5 heteroatoms. The summed E-state index contributed by atoms with van der Waals surface area (Å²) in [7, 11) is 1.64. The van der Waals surface area contributed by atoms with Gasteiger partial charge in [-0.1, -0.05) is 30.3 Å². The molecule has 138 valence electrons. The van der Waals surface area contributed by atoms with Crippen LogP contribution in [0.5, 0.6) is 5.75 Å². The van der Waals surface area contributed by atoms with E-state index in [0.29, 0.717) is 13.1 Å². The van der Waals surface area contributed by atoms with Gasteiger partial charge in [0.05, 0.1) is 20.2 Å². The van der Waals surface area contributed by atoms with Gasteiger partial charge in [0.1, 0.15) is 18.1 Å². The van der Waals surface area contributed by atoms with Crippen molar-refractivity contribution in [1.82, 2.24) is 5.32 Å². The van der Waals surface area contributed by atoms with Crippen LogP contribution < -0.4 is 15.0 Å². The molecule has 0 unspecified atom stereocenters. The minimum Gasteiger partial charge on any atom is -0.497 e. The van der Waals surface area contributed by atoms with Crippen LogP contribution in [-0.2, 0) is 17.9 Å². The minimum absolute atomic E-state index is 0.0534. The van der Waals surface area contributed by atoms with Gasteiger partial charge in [-0.3, -0.25) is 4.79 Å². The number of piperidine rings is 1. The number of amides is 1. The summed E-state index contributed by atoms with van der Waals surface area (Å²) < 4.78 is 18.9. The Hall–Kier alpha value is -2.40. The third-order valence-corrected chi connectivity index (χ3v) is 5.09. The molecule has 1 amide bonds. The molecule has 0 aromatic heterocycles. The highest BCUT2D eigenvalue weighted by atomic mass is 19.1. The second-order valence-electron chi connectivity index (χ2n) is 6.86. The maximum Gasteiger partial charge on any atom is 0.223 e. The van der Waals surface area contributed by atoms with Crippen molar-refractivity contribution in [3.8, 4) is 5.75 Å². The summed E-state index contributed by atoms with van der Waals surface area (Å²) in [6.45, 7) is 3.02. The molecule has 0 spiro atoms. The van der Waals surface area contributed by atoms with Crippen LogP contribution in [0.25, 0.3) is 0 Å². The predicted octanol–water partition coefficient (Wildman–Crippen LogP) is 1.95. The maximum atomic E-state index is 13.8. The Balaban J connectivity index is 1.43. The molecular formula is C21H26FN2O2+. The number of carbonyl (C=O) groups excluding carboxylic acids is 1. The molecule has 1 aliphatic rings. The SMILES string of the molecule is COc1ccc(CNC(=O)C2CC[NH+](Cc3ccccc3F)CC2)cc1. The van der Waals surface area contributed by atoms with Gasteiger partial charge in [0.2, 0.25) is 5.91 Å². The van der Waals surface area contributed by atoms with E-state index in [4.69, 9.17) is 4.74 Å². The van der Waals surface area contributed by atoms with Gasteiger partial charge in [-0.2, -0.15) is 0 Å². The fourth-order valence-corrected chi connectivity index (χ4v) is 3.45. The molecule has 0 saturated carbocycles. The summed E-state index contributed by atoms with van der Waals surface area (Å²) in [6.07, 6.45) is 1.69. The standard InChI is InChI=1S/C21H25FN2O2/c1-26-19-8-6-16(7-9-19)14-23-21(25)17-10-12-24(13-11-17)15-18-4-2-3-5-20(18)22/h2-9,17H,10-15H2,1H3,(H,23,25)/p+1. The molecule has 4 nitrogen and oxygen atoms in total. The lowest BCUT2D eigenvalue weighted by Gasteiger charge is -2.28. The second-order valence-corrected chi connectivity index (χ2v) is 6.86. The Morgan fingerprint density at radius 2 is 1.85 bits per heavy atom. The number of likely N-dealkylation sites (tertiary alicyclic amines) is 1. The molecule has 2 aromatic carbocycles. The largest absolute Gasteiger partial charge is 0.497 e. The molecule has 0 atom stereocenters.